The van der Waals surface area contributed by atoms with Crippen molar-refractivity contribution < 1.29 is 4.74 Å². The Bertz CT molecular complexity index is 1130. The maximum atomic E-state index is 5.44. The van der Waals surface area contributed by atoms with Gasteiger partial charge in [-0.3, -0.25) is 4.90 Å². The normalized spacial score (nSPS) is 15.1. The summed E-state index contributed by atoms with van der Waals surface area (Å²) < 4.78 is 7.64. The standard InChI is InChI=1S/C23H26N6O/c1-16-17(2)27-22(26-16)19-5-3-18(4-6-19)20-13-21-23(24-14-20)25-15-29(21)8-7-28-9-11-30-12-10-28/h3-6,13-15H,7-12H2,1-2H3,(H,26,27). The summed E-state index contributed by atoms with van der Waals surface area (Å²) in [6, 6.07) is 10.6. The molecule has 154 valence electrons. The first kappa shape index (κ1) is 19.0. The van der Waals surface area contributed by atoms with E-state index >= 15 is 0 Å². The number of aryl methyl sites for hydroxylation is 2. The highest BCUT2D eigenvalue weighted by atomic mass is 16.5. The summed E-state index contributed by atoms with van der Waals surface area (Å²) in [5, 5.41) is 0. The largest absolute Gasteiger partial charge is 0.379 e. The lowest BCUT2D eigenvalue weighted by atomic mass is 10.1. The first-order valence-corrected chi connectivity index (χ1v) is 10.4. The molecule has 1 fully saturated rings. The number of fused-ring (bicyclic) bond motifs is 1. The molecule has 30 heavy (non-hydrogen) atoms. The molecule has 1 aliphatic rings. The number of hydrogen-bond acceptors (Lipinski definition) is 5. The van der Waals surface area contributed by atoms with Crippen molar-refractivity contribution in [3.8, 4) is 22.5 Å². The van der Waals surface area contributed by atoms with Crippen molar-refractivity contribution in [2.24, 2.45) is 0 Å². The van der Waals surface area contributed by atoms with E-state index in [9.17, 15) is 0 Å². The predicted molar refractivity (Wildman–Crippen MR) is 117 cm³/mol. The Hall–Kier alpha value is -3.03. The molecule has 3 aromatic heterocycles. The third kappa shape index (κ3) is 3.74. The topological polar surface area (TPSA) is 71.9 Å². The molecule has 0 bridgehead atoms. The van der Waals surface area contributed by atoms with E-state index in [4.69, 9.17) is 4.74 Å². The molecule has 0 radical (unpaired) electrons. The Morgan fingerprint density at radius 2 is 1.73 bits per heavy atom. The van der Waals surface area contributed by atoms with Crippen LogP contribution >= 0.6 is 0 Å². The van der Waals surface area contributed by atoms with Gasteiger partial charge in [0.25, 0.3) is 0 Å². The van der Waals surface area contributed by atoms with Crippen molar-refractivity contribution in [1.29, 1.82) is 0 Å². The highest BCUT2D eigenvalue weighted by molar-refractivity contribution is 5.79. The average Bonchev–Trinajstić information content (AvgIpc) is 3.35. The van der Waals surface area contributed by atoms with E-state index in [0.717, 1.165) is 84.5 Å². The van der Waals surface area contributed by atoms with E-state index in [2.05, 4.69) is 59.7 Å². The van der Waals surface area contributed by atoms with Crippen LogP contribution in [0.5, 0.6) is 0 Å². The Kier molecular flexibility index (Phi) is 5.06. The van der Waals surface area contributed by atoms with E-state index in [1.165, 1.54) is 0 Å². The summed E-state index contributed by atoms with van der Waals surface area (Å²) in [6.45, 7) is 9.60. The molecule has 0 spiro atoms. The van der Waals surface area contributed by atoms with Crippen LogP contribution in [-0.2, 0) is 11.3 Å². The van der Waals surface area contributed by atoms with Gasteiger partial charge in [-0.05, 0) is 25.5 Å². The summed E-state index contributed by atoms with van der Waals surface area (Å²) >= 11 is 0. The van der Waals surface area contributed by atoms with Crippen molar-refractivity contribution in [1.82, 2.24) is 29.4 Å². The van der Waals surface area contributed by atoms with E-state index < -0.39 is 0 Å². The van der Waals surface area contributed by atoms with Gasteiger partial charge in [-0.1, -0.05) is 24.3 Å². The zero-order chi connectivity index (χ0) is 20.5. The van der Waals surface area contributed by atoms with Gasteiger partial charge in [-0.25, -0.2) is 15.0 Å². The highest BCUT2D eigenvalue weighted by Gasteiger charge is 2.12. The van der Waals surface area contributed by atoms with Gasteiger partial charge in [0.15, 0.2) is 5.65 Å². The van der Waals surface area contributed by atoms with Crippen molar-refractivity contribution in [2.75, 3.05) is 32.8 Å². The quantitative estimate of drug-likeness (QED) is 0.554. The zero-order valence-corrected chi connectivity index (χ0v) is 17.4. The third-order valence-electron chi connectivity index (χ3n) is 5.86. The number of rotatable bonds is 5. The summed E-state index contributed by atoms with van der Waals surface area (Å²) in [7, 11) is 0. The summed E-state index contributed by atoms with van der Waals surface area (Å²) in [5.41, 5.74) is 7.31. The number of benzene rings is 1. The highest BCUT2D eigenvalue weighted by Crippen LogP contribution is 2.26. The van der Waals surface area contributed by atoms with Crippen LogP contribution in [0.1, 0.15) is 11.4 Å². The van der Waals surface area contributed by atoms with Crippen molar-refractivity contribution in [2.45, 2.75) is 20.4 Å². The second kappa shape index (κ2) is 8.01. The number of ether oxygens (including phenoxy) is 1. The van der Waals surface area contributed by atoms with Crippen LogP contribution in [0.2, 0.25) is 0 Å². The van der Waals surface area contributed by atoms with Gasteiger partial charge in [0, 0.05) is 49.2 Å². The Morgan fingerprint density at radius 1 is 0.967 bits per heavy atom. The van der Waals surface area contributed by atoms with E-state index in [1.807, 2.05) is 26.4 Å². The molecule has 4 heterocycles. The number of H-pyrrole nitrogens is 1. The molecule has 1 aliphatic heterocycles. The van der Waals surface area contributed by atoms with Gasteiger partial charge >= 0.3 is 0 Å². The minimum Gasteiger partial charge on any atom is -0.379 e. The van der Waals surface area contributed by atoms with Crippen molar-refractivity contribution in [3.05, 3.63) is 54.2 Å². The Balaban J connectivity index is 1.37. The molecule has 5 rings (SSSR count). The number of imidazole rings is 2. The fraction of sp³-hybridized carbons (Fsp3) is 0.348. The number of aromatic amines is 1. The number of aromatic nitrogens is 5. The van der Waals surface area contributed by atoms with Crippen LogP contribution in [0, 0.1) is 13.8 Å². The van der Waals surface area contributed by atoms with E-state index in [1.54, 1.807) is 0 Å². The predicted octanol–water partition coefficient (Wildman–Crippen LogP) is 3.44. The minimum atomic E-state index is 0.791. The average molecular weight is 403 g/mol. The van der Waals surface area contributed by atoms with Crippen LogP contribution in [-0.4, -0.2) is 62.3 Å². The van der Waals surface area contributed by atoms with Gasteiger partial charge in [0.1, 0.15) is 5.82 Å². The Morgan fingerprint density at radius 3 is 2.47 bits per heavy atom. The summed E-state index contributed by atoms with van der Waals surface area (Å²) in [6.07, 6.45) is 3.80. The fourth-order valence-electron chi connectivity index (χ4n) is 3.86. The van der Waals surface area contributed by atoms with Gasteiger partial charge in [-0.2, -0.15) is 0 Å². The lowest BCUT2D eigenvalue weighted by Crippen LogP contribution is -2.38. The molecule has 0 atom stereocenters. The van der Waals surface area contributed by atoms with Crippen LogP contribution in [0.25, 0.3) is 33.7 Å². The molecule has 1 aromatic carbocycles. The van der Waals surface area contributed by atoms with Crippen LogP contribution < -0.4 is 0 Å². The number of nitrogens with zero attached hydrogens (tertiary/aromatic N) is 5. The maximum absolute atomic E-state index is 5.44. The molecular weight excluding hydrogens is 376 g/mol. The smallest absolute Gasteiger partial charge is 0.177 e. The van der Waals surface area contributed by atoms with Crippen LogP contribution in [0.4, 0.5) is 0 Å². The molecule has 1 N–H and O–H groups in total. The number of nitrogens with one attached hydrogen (secondary N) is 1. The molecule has 0 saturated carbocycles. The third-order valence-corrected chi connectivity index (χ3v) is 5.86. The second-order valence-electron chi connectivity index (χ2n) is 7.83. The molecule has 7 nitrogen and oxygen atoms in total. The molecular formula is C23H26N6O. The van der Waals surface area contributed by atoms with E-state index in [-0.39, 0.29) is 0 Å². The lowest BCUT2D eigenvalue weighted by molar-refractivity contribution is 0.0365. The minimum absolute atomic E-state index is 0.791. The fourth-order valence-corrected chi connectivity index (χ4v) is 3.86. The zero-order valence-electron chi connectivity index (χ0n) is 17.4. The molecule has 7 heteroatoms. The second-order valence-corrected chi connectivity index (χ2v) is 7.83. The SMILES string of the molecule is Cc1nc(-c2ccc(-c3cnc4ncn(CCN5CCOCC5)c4c3)cc2)[nH]c1C. The summed E-state index contributed by atoms with van der Waals surface area (Å²) in [4.78, 5) is 19.4. The van der Waals surface area contributed by atoms with Crippen LogP contribution in [0.15, 0.2) is 42.9 Å². The Labute approximate surface area is 175 Å². The first-order valence-electron chi connectivity index (χ1n) is 10.4. The first-order chi connectivity index (χ1) is 14.7. The molecule has 1 saturated heterocycles. The van der Waals surface area contributed by atoms with Gasteiger partial charge in [0.05, 0.1) is 30.8 Å². The number of pyridine rings is 1. The van der Waals surface area contributed by atoms with Crippen molar-refractivity contribution in [3.63, 3.8) is 0 Å². The van der Waals surface area contributed by atoms with Crippen molar-refractivity contribution >= 4 is 11.2 Å². The lowest BCUT2D eigenvalue weighted by Gasteiger charge is -2.26. The molecule has 0 amide bonds. The van der Waals surface area contributed by atoms with Crippen LogP contribution in [0.3, 0.4) is 0 Å². The monoisotopic (exact) mass is 402 g/mol. The molecule has 4 aromatic rings. The number of hydrogen-bond donors (Lipinski definition) is 1. The van der Waals surface area contributed by atoms with E-state index in [0.29, 0.717) is 0 Å². The maximum Gasteiger partial charge on any atom is 0.177 e. The molecule has 0 aliphatic carbocycles. The number of morpholine rings is 1. The van der Waals surface area contributed by atoms with Gasteiger partial charge < -0.3 is 14.3 Å². The van der Waals surface area contributed by atoms with Gasteiger partial charge in [-0.15, -0.1) is 0 Å². The van der Waals surface area contributed by atoms with Gasteiger partial charge in [0.2, 0.25) is 0 Å². The summed E-state index contributed by atoms with van der Waals surface area (Å²) in [5.74, 6) is 0.909. The molecule has 0 unspecified atom stereocenters.